The van der Waals surface area contributed by atoms with E-state index in [1.807, 2.05) is 26.8 Å². The summed E-state index contributed by atoms with van der Waals surface area (Å²) >= 11 is 0. The number of aromatic nitrogens is 2. The molecule has 1 rings (SSSR count). The highest BCUT2D eigenvalue weighted by atomic mass is 16.2. The monoisotopic (exact) mass is 249 g/mol. The molecule has 1 heterocycles. The Morgan fingerprint density at radius 2 is 1.89 bits per heavy atom. The van der Waals surface area contributed by atoms with E-state index in [4.69, 9.17) is 0 Å². The number of nitrogens with zero attached hydrogens (tertiary/aromatic N) is 2. The Bertz CT molecular complexity index is 384. The topological polar surface area (TPSA) is 54.9 Å². The highest BCUT2D eigenvalue weighted by molar-refractivity contribution is 5.90. The highest BCUT2D eigenvalue weighted by Gasteiger charge is 2.16. The molecule has 0 radical (unpaired) electrons. The molecule has 1 atom stereocenters. The summed E-state index contributed by atoms with van der Waals surface area (Å²) in [6.07, 6.45) is 3.99. The fourth-order valence-electron chi connectivity index (χ4n) is 1.97. The summed E-state index contributed by atoms with van der Waals surface area (Å²) in [5.41, 5.74) is 1.75. The molecule has 1 unspecified atom stereocenters. The van der Waals surface area contributed by atoms with Crippen molar-refractivity contribution in [2.75, 3.05) is 5.32 Å². The van der Waals surface area contributed by atoms with E-state index in [0.717, 1.165) is 37.1 Å². The smallest absolute Gasteiger partial charge is 0.229 e. The number of unbranched alkanes of at least 4 members (excludes halogenated alkanes) is 1. The van der Waals surface area contributed by atoms with Gasteiger partial charge in [0.05, 0.1) is 0 Å². The van der Waals surface area contributed by atoms with Crippen LogP contribution < -0.4 is 5.32 Å². The SMILES string of the molecule is CCCCC(CC)C(=O)Nc1nc(C)cc(C)n1. The van der Waals surface area contributed by atoms with Crippen LogP contribution in [0.5, 0.6) is 0 Å². The molecule has 0 saturated carbocycles. The lowest BCUT2D eigenvalue weighted by Gasteiger charge is -2.14. The Hall–Kier alpha value is -1.45. The molecule has 0 bridgehead atoms. The summed E-state index contributed by atoms with van der Waals surface area (Å²) in [4.78, 5) is 20.5. The minimum absolute atomic E-state index is 0.0379. The first-order valence-corrected chi connectivity index (χ1v) is 6.70. The molecule has 0 spiro atoms. The van der Waals surface area contributed by atoms with Gasteiger partial charge in [-0.05, 0) is 32.8 Å². The Morgan fingerprint density at radius 3 is 2.39 bits per heavy atom. The zero-order chi connectivity index (χ0) is 13.5. The quantitative estimate of drug-likeness (QED) is 0.842. The van der Waals surface area contributed by atoms with Gasteiger partial charge in [-0.3, -0.25) is 10.1 Å². The van der Waals surface area contributed by atoms with Crippen LogP contribution in [0, 0.1) is 19.8 Å². The lowest BCUT2D eigenvalue weighted by molar-refractivity contribution is -0.120. The van der Waals surface area contributed by atoms with Gasteiger partial charge in [0.25, 0.3) is 0 Å². The van der Waals surface area contributed by atoms with E-state index in [0.29, 0.717) is 5.95 Å². The van der Waals surface area contributed by atoms with Crippen molar-refractivity contribution in [1.29, 1.82) is 0 Å². The predicted molar refractivity (Wildman–Crippen MR) is 73.4 cm³/mol. The van der Waals surface area contributed by atoms with Gasteiger partial charge in [-0.25, -0.2) is 9.97 Å². The lowest BCUT2D eigenvalue weighted by atomic mass is 9.98. The van der Waals surface area contributed by atoms with Crippen LogP contribution in [-0.4, -0.2) is 15.9 Å². The van der Waals surface area contributed by atoms with Crippen molar-refractivity contribution in [3.8, 4) is 0 Å². The molecule has 1 amide bonds. The van der Waals surface area contributed by atoms with Crippen LogP contribution >= 0.6 is 0 Å². The van der Waals surface area contributed by atoms with E-state index in [-0.39, 0.29) is 11.8 Å². The molecule has 0 saturated heterocycles. The van der Waals surface area contributed by atoms with Crippen molar-refractivity contribution in [2.45, 2.75) is 53.4 Å². The molecule has 4 heteroatoms. The molecule has 100 valence electrons. The van der Waals surface area contributed by atoms with Crippen molar-refractivity contribution < 1.29 is 4.79 Å². The summed E-state index contributed by atoms with van der Waals surface area (Å²) in [6.45, 7) is 7.98. The number of amides is 1. The average Bonchev–Trinajstić information content (AvgIpc) is 2.28. The number of nitrogens with one attached hydrogen (secondary N) is 1. The van der Waals surface area contributed by atoms with E-state index in [1.165, 1.54) is 0 Å². The van der Waals surface area contributed by atoms with Gasteiger partial charge in [0, 0.05) is 17.3 Å². The van der Waals surface area contributed by atoms with Crippen LogP contribution in [0.4, 0.5) is 5.95 Å². The summed E-state index contributed by atoms with van der Waals surface area (Å²) in [5.74, 6) is 0.526. The van der Waals surface area contributed by atoms with Crippen molar-refractivity contribution in [1.82, 2.24) is 9.97 Å². The minimum atomic E-state index is 0.0379. The third-order valence-electron chi connectivity index (χ3n) is 2.99. The number of hydrogen-bond donors (Lipinski definition) is 1. The first-order valence-electron chi connectivity index (χ1n) is 6.70. The van der Waals surface area contributed by atoms with Gasteiger partial charge < -0.3 is 0 Å². The molecule has 1 N–H and O–H groups in total. The standard InChI is InChI=1S/C14H23N3O/c1-5-7-8-12(6-2)13(18)17-14-15-10(3)9-11(4)16-14/h9,12H,5-8H2,1-4H3,(H,15,16,17,18). The maximum atomic E-state index is 12.1. The summed E-state index contributed by atoms with van der Waals surface area (Å²) in [6, 6.07) is 1.89. The maximum Gasteiger partial charge on any atom is 0.229 e. The van der Waals surface area contributed by atoms with Gasteiger partial charge in [0.1, 0.15) is 0 Å². The fraction of sp³-hybridized carbons (Fsp3) is 0.643. The lowest BCUT2D eigenvalue weighted by Crippen LogP contribution is -2.23. The van der Waals surface area contributed by atoms with Gasteiger partial charge in [0.15, 0.2) is 0 Å². The van der Waals surface area contributed by atoms with Crippen molar-refractivity contribution in [2.24, 2.45) is 5.92 Å². The van der Waals surface area contributed by atoms with E-state index in [1.54, 1.807) is 0 Å². The molecule has 0 aliphatic rings. The van der Waals surface area contributed by atoms with Crippen LogP contribution in [0.3, 0.4) is 0 Å². The van der Waals surface area contributed by atoms with Crippen LogP contribution in [0.25, 0.3) is 0 Å². The number of carbonyl (C=O) groups is 1. The van der Waals surface area contributed by atoms with Gasteiger partial charge >= 0.3 is 0 Å². The zero-order valence-corrected chi connectivity index (χ0v) is 11.8. The normalized spacial score (nSPS) is 12.2. The number of aryl methyl sites for hydroxylation is 2. The molecule has 0 aromatic carbocycles. The van der Waals surface area contributed by atoms with Gasteiger partial charge in [-0.1, -0.05) is 26.7 Å². The number of anilines is 1. The Kier molecular flexibility index (Phi) is 5.75. The number of rotatable bonds is 6. The second-order valence-electron chi connectivity index (χ2n) is 4.71. The second-order valence-corrected chi connectivity index (χ2v) is 4.71. The first kappa shape index (κ1) is 14.6. The first-order chi connectivity index (χ1) is 8.56. The predicted octanol–water partition coefficient (Wildman–Crippen LogP) is 3.25. The number of hydrogen-bond acceptors (Lipinski definition) is 3. The molecule has 0 fully saturated rings. The Balaban J connectivity index is 2.67. The maximum absolute atomic E-state index is 12.1. The van der Waals surface area contributed by atoms with E-state index in [9.17, 15) is 4.79 Å². The summed E-state index contributed by atoms with van der Waals surface area (Å²) < 4.78 is 0. The highest BCUT2D eigenvalue weighted by Crippen LogP contribution is 2.15. The summed E-state index contributed by atoms with van der Waals surface area (Å²) in [5, 5.41) is 2.82. The van der Waals surface area contributed by atoms with Gasteiger partial charge in [-0.2, -0.15) is 0 Å². The molecule has 0 aliphatic carbocycles. The largest absolute Gasteiger partial charge is 0.294 e. The van der Waals surface area contributed by atoms with E-state index in [2.05, 4.69) is 22.2 Å². The molecule has 0 aliphatic heterocycles. The van der Waals surface area contributed by atoms with Crippen molar-refractivity contribution in [3.63, 3.8) is 0 Å². The fourth-order valence-corrected chi connectivity index (χ4v) is 1.97. The van der Waals surface area contributed by atoms with Crippen LogP contribution in [-0.2, 0) is 4.79 Å². The summed E-state index contributed by atoms with van der Waals surface area (Å²) in [7, 11) is 0. The molecule has 1 aromatic rings. The van der Waals surface area contributed by atoms with Crippen LogP contribution in [0.1, 0.15) is 50.9 Å². The van der Waals surface area contributed by atoms with Crippen molar-refractivity contribution in [3.05, 3.63) is 17.5 Å². The van der Waals surface area contributed by atoms with Gasteiger partial charge in [0.2, 0.25) is 11.9 Å². The van der Waals surface area contributed by atoms with Crippen molar-refractivity contribution >= 4 is 11.9 Å². The van der Waals surface area contributed by atoms with Crippen LogP contribution in [0.2, 0.25) is 0 Å². The minimum Gasteiger partial charge on any atom is -0.294 e. The third kappa shape index (κ3) is 4.43. The Labute approximate surface area is 109 Å². The molecular weight excluding hydrogens is 226 g/mol. The molecule has 4 nitrogen and oxygen atoms in total. The van der Waals surface area contributed by atoms with E-state index < -0.39 is 0 Å². The zero-order valence-electron chi connectivity index (χ0n) is 11.8. The Morgan fingerprint density at radius 1 is 1.28 bits per heavy atom. The van der Waals surface area contributed by atoms with Gasteiger partial charge in [-0.15, -0.1) is 0 Å². The average molecular weight is 249 g/mol. The van der Waals surface area contributed by atoms with E-state index >= 15 is 0 Å². The molecule has 18 heavy (non-hydrogen) atoms. The molecule has 1 aromatic heterocycles. The number of carbonyl (C=O) groups excluding carboxylic acids is 1. The molecular formula is C14H23N3O. The van der Waals surface area contributed by atoms with Crippen LogP contribution in [0.15, 0.2) is 6.07 Å². The second kappa shape index (κ2) is 7.09. The third-order valence-corrected chi connectivity index (χ3v) is 2.99.